The molecule has 0 aromatic heterocycles. The van der Waals surface area contributed by atoms with Crippen molar-refractivity contribution in [2.45, 2.75) is 38.6 Å². The van der Waals surface area contributed by atoms with Crippen LogP contribution in [-0.4, -0.2) is 19.1 Å². The molecule has 1 aromatic rings. The standard InChI is InChI=1S/C16H22BrNO2/c1-3-12(2)15(19)18-16(7-9-20-10-8-16)13-5-4-6-14(17)11-13/h4-6,11-12H,3,7-10H2,1-2H3,(H,18,19)/t12-/m0/s1. The summed E-state index contributed by atoms with van der Waals surface area (Å²) in [5.74, 6) is 0.177. The Labute approximate surface area is 129 Å². The third-order valence-corrected chi connectivity index (χ3v) is 4.64. The molecule has 0 spiro atoms. The average molecular weight is 340 g/mol. The van der Waals surface area contributed by atoms with E-state index in [1.54, 1.807) is 0 Å². The van der Waals surface area contributed by atoms with E-state index in [2.05, 4.69) is 33.4 Å². The number of carbonyl (C=O) groups is 1. The third kappa shape index (κ3) is 3.41. The largest absolute Gasteiger partial charge is 0.381 e. The molecule has 0 saturated carbocycles. The van der Waals surface area contributed by atoms with Crippen LogP contribution in [0.3, 0.4) is 0 Å². The van der Waals surface area contributed by atoms with Gasteiger partial charge in [-0.15, -0.1) is 0 Å². The number of carbonyl (C=O) groups excluding carboxylic acids is 1. The van der Waals surface area contributed by atoms with Gasteiger partial charge in [-0.2, -0.15) is 0 Å². The van der Waals surface area contributed by atoms with Gasteiger partial charge >= 0.3 is 0 Å². The molecule has 4 heteroatoms. The lowest BCUT2D eigenvalue weighted by atomic mass is 9.82. The molecule has 1 atom stereocenters. The molecule has 0 aliphatic carbocycles. The van der Waals surface area contributed by atoms with E-state index in [0.717, 1.165) is 29.3 Å². The van der Waals surface area contributed by atoms with Crippen molar-refractivity contribution >= 4 is 21.8 Å². The molecule has 1 aromatic carbocycles. The van der Waals surface area contributed by atoms with Crippen LogP contribution in [0.25, 0.3) is 0 Å². The molecule has 0 unspecified atom stereocenters. The topological polar surface area (TPSA) is 38.3 Å². The number of rotatable bonds is 4. The van der Waals surface area contributed by atoms with Crippen LogP contribution in [0.15, 0.2) is 28.7 Å². The minimum absolute atomic E-state index is 0.0434. The second-order valence-electron chi connectivity index (χ2n) is 5.50. The van der Waals surface area contributed by atoms with Gasteiger partial charge in [0, 0.05) is 23.6 Å². The van der Waals surface area contributed by atoms with Gasteiger partial charge in [-0.05, 0) is 37.0 Å². The third-order valence-electron chi connectivity index (χ3n) is 4.15. The average Bonchev–Trinajstić information content (AvgIpc) is 2.47. The Morgan fingerprint density at radius 3 is 2.75 bits per heavy atom. The lowest BCUT2D eigenvalue weighted by Gasteiger charge is -2.39. The number of hydrogen-bond donors (Lipinski definition) is 1. The van der Waals surface area contributed by atoms with E-state index in [4.69, 9.17) is 4.74 Å². The maximum absolute atomic E-state index is 12.3. The maximum atomic E-state index is 12.3. The quantitative estimate of drug-likeness (QED) is 0.909. The van der Waals surface area contributed by atoms with Gasteiger partial charge in [0.25, 0.3) is 0 Å². The number of benzene rings is 1. The summed E-state index contributed by atoms with van der Waals surface area (Å²) >= 11 is 3.52. The Balaban J connectivity index is 2.28. The fourth-order valence-electron chi connectivity index (χ4n) is 2.54. The fraction of sp³-hybridized carbons (Fsp3) is 0.562. The first-order valence-corrected chi connectivity index (χ1v) is 8.02. The van der Waals surface area contributed by atoms with Crippen molar-refractivity contribution in [1.82, 2.24) is 5.32 Å². The predicted molar refractivity (Wildman–Crippen MR) is 83.5 cm³/mol. The van der Waals surface area contributed by atoms with Crippen LogP contribution in [-0.2, 0) is 15.1 Å². The summed E-state index contributed by atoms with van der Waals surface area (Å²) in [6.45, 7) is 5.39. The lowest BCUT2D eigenvalue weighted by molar-refractivity contribution is -0.128. The first-order chi connectivity index (χ1) is 9.57. The molecule has 20 heavy (non-hydrogen) atoms. The molecule has 1 saturated heterocycles. The molecule has 0 radical (unpaired) electrons. The van der Waals surface area contributed by atoms with Gasteiger partial charge in [0.15, 0.2) is 0 Å². The highest BCUT2D eigenvalue weighted by atomic mass is 79.9. The zero-order valence-corrected chi connectivity index (χ0v) is 13.7. The van der Waals surface area contributed by atoms with Crippen molar-refractivity contribution < 1.29 is 9.53 Å². The zero-order chi connectivity index (χ0) is 14.6. The molecule has 1 fully saturated rings. The van der Waals surface area contributed by atoms with Crippen molar-refractivity contribution in [2.24, 2.45) is 5.92 Å². The Hall–Kier alpha value is -0.870. The van der Waals surface area contributed by atoms with Gasteiger partial charge in [-0.25, -0.2) is 0 Å². The van der Waals surface area contributed by atoms with E-state index < -0.39 is 0 Å². The van der Waals surface area contributed by atoms with Crippen molar-refractivity contribution in [3.05, 3.63) is 34.3 Å². The molecular weight excluding hydrogens is 318 g/mol. The van der Waals surface area contributed by atoms with Crippen LogP contribution < -0.4 is 5.32 Å². The van der Waals surface area contributed by atoms with Crippen LogP contribution in [0.2, 0.25) is 0 Å². The normalized spacial score (nSPS) is 19.4. The SMILES string of the molecule is CC[C@H](C)C(=O)NC1(c2cccc(Br)c2)CCOCC1. The van der Waals surface area contributed by atoms with Crippen LogP contribution >= 0.6 is 15.9 Å². The van der Waals surface area contributed by atoms with Crippen LogP contribution in [0.5, 0.6) is 0 Å². The smallest absolute Gasteiger partial charge is 0.223 e. The Morgan fingerprint density at radius 2 is 2.15 bits per heavy atom. The van der Waals surface area contributed by atoms with Gasteiger partial charge in [0.1, 0.15) is 0 Å². The molecule has 3 nitrogen and oxygen atoms in total. The van der Waals surface area contributed by atoms with Gasteiger partial charge < -0.3 is 10.1 Å². The summed E-state index contributed by atoms with van der Waals surface area (Å²) < 4.78 is 6.52. The maximum Gasteiger partial charge on any atom is 0.223 e. The summed E-state index contributed by atoms with van der Waals surface area (Å²) in [5.41, 5.74) is 0.870. The minimum Gasteiger partial charge on any atom is -0.381 e. The Bertz CT molecular complexity index is 469. The number of amides is 1. The first kappa shape index (κ1) is 15.5. The van der Waals surface area contributed by atoms with Crippen molar-refractivity contribution in [2.75, 3.05) is 13.2 Å². The highest BCUT2D eigenvalue weighted by Gasteiger charge is 2.36. The van der Waals surface area contributed by atoms with E-state index in [-0.39, 0.29) is 17.4 Å². The molecular formula is C16H22BrNO2. The monoisotopic (exact) mass is 339 g/mol. The van der Waals surface area contributed by atoms with Gasteiger partial charge in [-0.1, -0.05) is 41.9 Å². The van der Waals surface area contributed by atoms with Crippen molar-refractivity contribution in [3.63, 3.8) is 0 Å². The minimum atomic E-state index is -0.289. The number of ether oxygens (including phenoxy) is 1. The highest BCUT2D eigenvalue weighted by Crippen LogP contribution is 2.33. The fourth-order valence-corrected chi connectivity index (χ4v) is 2.94. The molecule has 1 aliphatic heterocycles. The number of nitrogens with one attached hydrogen (secondary N) is 1. The van der Waals surface area contributed by atoms with Gasteiger partial charge in [0.2, 0.25) is 5.91 Å². The van der Waals surface area contributed by atoms with Crippen molar-refractivity contribution in [3.8, 4) is 0 Å². The molecule has 110 valence electrons. The van der Waals surface area contributed by atoms with Crippen molar-refractivity contribution in [1.29, 1.82) is 0 Å². The molecule has 1 aliphatic rings. The zero-order valence-electron chi connectivity index (χ0n) is 12.1. The summed E-state index contributed by atoms with van der Waals surface area (Å²) in [6, 6.07) is 8.22. The molecule has 1 heterocycles. The second kappa shape index (κ2) is 6.72. The van der Waals surface area contributed by atoms with E-state index in [1.165, 1.54) is 0 Å². The Kier molecular flexibility index (Phi) is 5.22. The Morgan fingerprint density at radius 1 is 1.45 bits per heavy atom. The first-order valence-electron chi connectivity index (χ1n) is 7.23. The summed E-state index contributed by atoms with van der Waals surface area (Å²) in [4.78, 5) is 12.3. The van der Waals surface area contributed by atoms with E-state index in [0.29, 0.717) is 13.2 Å². The molecule has 0 bridgehead atoms. The summed E-state index contributed by atoms with van der Waals surface area (Å²) in [7, 11) is 0. The van der Waals surface area contributed by atoms with Crippen LogP contribution in [0.4, 0.5) is 0 Å². The number of halogens is 1. The summed E-state index contributed by atoms with van der Waals surface area (Å²) in [5, 5.41) is 3.29. The van der Waals surface area contributed by atoms with E-state index in [1.807, 2.05) is 26.0 Å². The highest BCUT2D eigenvalue weighted by molar-refractivity contribution is 9.10. The summed E-state index contributed by atoms with van der Waals surface area (Å²) in [6.07, 6.45) is 2.51. The molecule has 2 rings (SSSR count). The molecule has 1 amide bonds. The van der Waals surface area contributed by atoms with Gasteiger partial charge in [0.05, 0.1) is 5.54 Å². The lowest BCUT2D eigenvalue weighted by Crippen LogP contribution is -2.50. The molecule has 1 N–H and O–H groups in total. The van der Waals surface area contributed by atoms with E-state index >= 15 is 0 Å². The number of hydrogen-bond acceptors (Lipinski definition) is 2. The predicted octanol–water partition coefficient (Wildman–Crippen LogP) is 3.62. The van der Waals surface area contributed by atoms with Crippen LogP contribution in [0.1, 0.15) is 38.7 Å². The van der Waals surface area contributed by atoms with E-state index in [9.17, 15) is 4.79 Å². The van der Waals surface area contributed by atoms with Gasteiger partial charge in [-0.3, -0.25) is 4.79 Å². The van der Waals surface area contributed by atoms with Crippen LogP contribution in [0, 0.1) is 5.92 Å². The second-order valence-corrected chi connectivity index (χ2v) is 6.42.